The molecule has 9 nitrogen and oxygen atoms in total. The van der Waals surface area contributed by atoms with E-state index in [-0.39, 0.29) is 18.4 Å². The van der Waals surface area contributed by atoms with Crippen LogP contribution in [0.15, 0.2) is 48.5 Å². The average Bonchev–Trinajstić information content (AvgIpc) is 2.85. The second-order valence-electron chi connectivity index (χ2n) is 11.5. The molecule has 2 rings (SSSR count). The number of hydrogen-bond donors (Lipinski definition) is 2. The summed E-state index contributed by atoms with van der Waals surface area (Å²) in [6.45, 7) is 11.0. The molecular weight excluding hydrogens is 500 g/mol. The molecule has 0 saturated heterocycles. The lowest BCUT2D eigenvalue weighted by molar-refractivity contribution is -0.149. The van der Waals surface area contributed by atoms with E-state index in [0.717, 1.165) is 5.56 Å². The molecule has 2 aromatic carbocycles. The minimum atomic E-state index is -1.09. The van der Waals surface area contributed by atoms with Crippen molar-refractivity contribution in [1.82, 2.24) is 10.6 Å². The summed E-state index contributed by atoms with van der Waals surface area (Å²) in [6, 6.07) is 12.1. The summed E-state index contributed by atoms with van der Waals surface area (Å²) in [5.41, 5.74) is 0.652. The first-order valence-electron chi connectivity index (χ1n) is 12.8. The number of aldehydes is 1. The highest BCUT2D eigenvalue weighted by Gasteiger charge is 2.32. The Bertz CT molecular complexity index is 1130. The molecule has 0 aliphatic rings. The predicted octanol–water partition coefficient (Wildman–Crippen LogP) is 4.61. The first-order valence-corrected chi connectivity index (χ1v) is 12.8. The van der Waals surface area contributed by atoms with Gasteiger partial charge in [-0.3, -0.25) is 9.59 Å². The molecule has 2 amide bonds. The summed E-state index contributed by atoms with van der Waals surface area (Å²) >= 11 is 0. The summed E-state index contributed by atoms with van der Waals surface area (Å²) in [7, 11) is 1.46. The molecule has 0 aliphatic heterocycles. The second kappa shape index (κ2) is 13.8. The highest BCUT2D eigenvalue weighted by molar-refractivity contribution is 5.90. The molecule has 0 fully saturated rings. The smallest absolute Gasteiger partial charge is 0.408 e. The predicted molar refractivity (Wildman–Crippen MR) is 147 cm³/mol. The van der Waals surface area contributed by atoms with E-state index in [9.17, 15) is 19.2 Å². The lowest BCUT2D eigenvalue weighted by atomic mass is 9.87. The largest absolute Gasteiger partial charge is 0.496 e. The van der Waals surface area contributed by atoms with Crippen LogP contribution < -0.4 is 15.4 Å². The Morgan fingerprint density at radius 2 is 1.56 bits per heavy atom. The Kier molecular flexibility index (Phi) is 11.1. The number of nitrogens with one attached hydrogen (secondary N) is 2. The second-order valence-corrected chi connectivity index (χ2v) is 11.5. The Balaban J connectivity index is 2.30. The molecule has 0 unspecified atom stereocenters. The number of rotatable bonds is 11. The molecule has 212 valence electrons. The molecule has 0 heterocycles. The molecule has 39 heavy (non-hydrogen) atoms. The molecule has 2 atom stereocenters. The fourth-order valence-corrected chi connectivity index (χ4v) is 3.80. The van der Waals surface area contributed by atoms with Crippen LogP contribution in [0.3, 0.4) is 0 Å². The van der Waals surface area contributed by atoms with Crippen LogP contribution in [-0.4, -0.2) is 49.1 Å². The van der Waals surface area contributed by atoms with Crippen LogP contribution >= 0.6 is 0 Å². The maximum atomic E-state index is 13.5. The van der Waals surface area contributed by atoms with Crippen molar-refractivity contribution in [2.24, 2.45) is 5.41 Å². The number of hydrogen-bond acceptors (Lipinski definition) is 7. The van der Waals surface area contributed by atoms with E-state index in [1.54, 1.807) is 39.0 Å². The van der Waals surface area contributed by atoms with Gasteiger partial charge in [0.15, 0.2) is 6.29 Å². The summed E-state index contributed by atoms with van der Waals surface area (Å²) in [4.78, 5) is 50.7. The first kappa shape index (κ1) is 31.3. The number of ether oxygens (including phenoxy) is 3. The summed E-state index contributed by atoms with van der Waals surface area (Å²) in [5, 5.41) is 5.40. The third-order valence-electron chi connectivity index (χ3n) is 5.51. The molecule has 0 aromatic heterocycles. The highest BCUT2D eigenvalue weighted by atomic mass is 16.6. The highest BCUT2D eigenvalue weighted by Crippen LogP contribution is 2.22. The van der Waals surface area contributed by atoms with Gasteiger partial charge in [0.05, 0.1) is 12.7 Å². The van der Waals surface area contributed by atoms with E-state index >= 15 is 0 Å². The zero-order valence-corrected chi connectivity index (χ0v) is 23.8. The normalized spacial score (nSPS) is 13.0. The van der Waals surface area contributed by atoms with Gasteiger partial charge < -0.3 is 24.8 Å². The van der Waals surface area contributed by atoms with Crippen LogP contribution in [0.25, 0.3) is 0 Å². The van der Waals surface area contributed by atoms with Crippen molar-refractivity contribution < 1.29 is 33.4 Å². The van der Waals surface area contributed by atoms with Crippen molar-refractivity contribution in [3.05, 3.63) is 65.2 Å². The summed E-state index contributed by atoms with van der Waals surface area (Å²) < 4.78 is 16.1. The van der Waals surface area contributed by atoms with Crippen molar-refractivity contribution in [2.75, 3.05) is 7.11 Å². The van der Waals surface area contributed by atoms with Crippen molar-refractivity contribution in [2.45, 2.75) is 78.7 Å². The van der Waals surface area contributed by atoms with Crippen LogP contribution in [0.5, 0.6) is 5.75 Å². The standard InChI is InChI=1S/C30H40N2O7/c1-29(2,3)17-24(32-28(36)39-30(4,5)6)26(34)31-23(27(35)38-19-20-11-9-8-10-12-20)16-21-13-14-25(37-7)22(15-21)18-33/h8-15,18,23-24H,16-17,19H2,1-7H3,(H,31,34)(H,32,36)/t23-,24+/m0/s1. The Hall–Kier alpha value is -3.88. The van der Waals surface area contributed by atoms with Gasteiger partial charge >= 0.3 is 12.1 Å². The topological polar surface area (TPSA) is 120 Å². The van der Waals surface area contributed by atoms with E-state index in [4.69, 9.17) is 14.2 Å². The average molecular weight is 541 g/mol. The number of esters is 1. The SMILES string of the molecule is COc1ccc(C[C@H](NC(=O)[C@@H](CC(C)(C)C)NC(=O)OC(C)(C)C)C(=O)OCc2ccccc2)cc1C=O. The molecule has 0 radical (unpaired) electrons. The lowest BCUT2D eigenvalue weighted by Gasteiger charge is -2.29. The van der Waals surface area contributed by atoms with Gasteiger partial charge in [0.25, 0.3) is 0 Å². The lowest BCUT2D eigenvalue weighted by Crippen LogP contribution is -2.54. The fraction of sp³-hybridized carbons (Fsp3) is 0.467. The van der Waals surface area contributed by atoms with E-state index in [1.807, 2.05) is 51.1 Å². The van der Waals surface area contributed by atoms with Gasteiger partial charge in [-0.1, -0.05) is 57.2 Å². The van der Waals surface area contributed by atoms with Gasteiger partial charge in [0.2, 0.25) is 5.91 Å². The van der Waals surface area contributed by atoms with Gasteiger partial charge in [-0.25, -0.2) is 9.59 Å². The quantitative estimate of drug-likeness (QED) is 0.316. The van der Waals surface area contributed by atoms with Crippen LogP contribution in [-0.2, 0) is 32.1 Å². The van der Waals surface area contributed by atoms with Gasteiger partial charge in [-0.05, 0) is 55.9 Å². The maximum Gasteiger partial charge on any atom is 0.408 e. The van der Waals surface area contributed by atoms with Crippen LogP contribution in [0.4, 0.5) is 4.79 Å². The van der Waals surface area contributed by atoms with Crippen LogP contribution in [0, 0.1) is 5.41 Å². The molecule has 2 aromatic rings. The van der Waals surface area contributed by atoms with Gasteiger partial charge in [0.1, 0.15) is 30.0 Å². The number of methoxy groups -OCH3 is 1. The van der Waals surface area contributed by atoms with Crippen molar-refractivity contribution in [3.8, 4) is 5.75 Å². The van der Waals surface area contributed by atoms with Crippen LogP contribution in [0.2, 0.25) is 0 Å². The molecule has 0 bridgehead atoms. The fourth-order valence-electron chi connectivity index (χ4n) is 3.80. The molecular formula is C30H40N2O7. The zero-order valence-electron chi connectivity index (χ0n) is 23.8. The minimum Gasteiger partial charge on any atom is -0.496 e. The number of benzene rings is 2. The van der Waals surface area contributed by atoms with Gasteiger partial charge in [0, 0.05) is 6.42 Å². The van der Waals surface area contributed by atoms with E-state index in [1.165, 1.54) is 7.11 Å². The van der Waals surface area contributed by atoms with E-state index in [2.05, 4.69) is 10.6 Å². The molecule has 9 heteroatoms. The third kappa shape index (κ3) is 11.2. The number of amides is 2. The zero-order chi connectivity index (χ0) is 29.2. The van der Waals surface area contributed by atoms with Crippen LogP contribution in [0.1, 0.15) is 69.4 Å². The van der Waals surface area contributed by atoms with Crippen molar-refractivity contribution in [3.63, 3.8) is 0 Å². The Morgan fingerprint density at radius 1 is 0.897 bits per heavy atom. The number of carbonyl (C=O) groups is 4. The number of carbonyl (C=O) groups excluding carboxylic acids is 4. The van der Waals surface area contributed by atoms with Gasteiger partial charge in [-0.2, -0.15) is 0 Å². The summed E-state index contributed by atoms with van der Waals surface area (Å²) in [6.07, 6.45) is 0.273. The van der Waals surface area contributed by atoms with E-state index in [0.29, 0.717) is 29.6 Å². The Morgan fingerprint density at radius 3 is 2.13 bits per heavy atom. The molecule has 0 aliphatic carbocycles. The minimum absolute atomic E-state index is 0.0236. The number of alkyl carbamates (subject to hydrolysis) is 1. The molecule has 0 saturated carbocycles. The van der Waals surface area contributed by atoms with E-state index < -0.39 is 35.7 Å². The van der Waals surface area contributed by atoms with Gasteiger partial charge in [-0.15, -0.1) is 0 Å². The maximum absolute atomic E-state index is 13.5. The van der Waals surface area contributed by atoms with Crippen molar-refractivity contribution in [1.29, 1.82) is 0 Å². The monoisotopic (exact) mass is 540 g/mol. The molecule has 2 N–H and O–H groups in total. The van der Waals surface area contributed by atoms with Crippen molar-refractivity contribution >= 4 is 24.3 Å². The molecule has 0 spiro atoms. The summed E-state index contributed by atoms with van der Waals surface area (Å²) in [5.74, 6) is -0.809. The first-order chi connectivity index (χ1) is 18.2. The Labute approximate surface area is 230 Å². The third-order valence-corrected chi connectivity index (χ3v) is 5.51.